The minimum atomic E-state index is -3.27. The van der Waals surface area contributed by atoms with E-state index in [2.05, 4.69) is 24.3 Å². The van der Waals surface area contributed by atoms with Gasteiger partial charge in [-0.05, 0) is 72.2 Å². The van der Waals surface area contributed by atoms with Gasteiger partial charge in [-0.15, -0.1) is 0 Å². The number of fused-ring (bicyclic) bond motifs is 2. The van der Waals surface area contributed by atoms with Gasteiger partial charge in [-0.2, -0.15) is 0 Å². The van der Waals surface area contributed by atoms with Crippen molar-refractivity contribution in [3.63, 3.8) is 0 Å². The van der Waals surface area contributed by atoms with Gasteiger partial charge < -0.3 is 9.05 Å². The third-order valence-corrected chi connectivity index (χ3v) is 6.40. The van der Waals surface area contributed by atoms with Crippen LogP contribution in [0.15, 0.2) is 30.3 Å². The zero-order valence-corrected chi connectivity index (χ0v) is 13.8. The van der Waals surface area contributed by atoms with Gasteiger partial charge in [0, 0.05) is 0 Å². The summed E-state index contributed by atoms with van der Waals surface area (Å²) >= 11 is 0. The van der Waals surface area contributed by atoms with Crippen LogP contribution in [0.1, 0.15) is 36.1 Å². The molecule has 2 aromatic rings. The Balaban J connectivity index is 1.86. The highest BCUT2D eigenvalue weighted by molar-refractivity contribution is 7.62. The lowest BCUT2D eigenvalue weighted by Crippen LogP contribution is -2.13. The van der Waals surface area contributed by atoms with E-state index in [4.69, 9.17) is 9.05 Å². The summed E-state index contributed by atoms with van der Waals surface area (Å²) in [6.45, 7) is 4.44. The van der Waals surface area contributed by atoms with E-state index in [0.29, 0.717) is 18.5 Å². The molecule has 2 aliphatic carbocycles. The maximum Gasteiger partial charge on any atom is 0.361 e. The number of benzene rings is 2. The van der Waals surface area contributed by atoms with Gasteiger partial charge in [0.1, 0.15) is 0 Å². The average Bonchev–Trinajstić information content (AvgIpc) is 3.39. The molecule has 0 saturated carbocycles. The fourth-order valence-corrected chi connectivity index (χ4v) is 4.81. The maximum absolute atomic E-state index is 13.2. The smallest absolute Gasteiger partial charge is 0.305 e. The SMILES string of the molecule is CCOP(=O)(OCC)c1cc2c(cc1-c1ccc3c(c1)C3)C2. The van der Waals surface area contributed by atoms with E-state index in [1.54, 1.807) is 0 Å². The first kappa shape index (κ1) is 14.2. The van der Waals surface area contributed by atoms with Crippen LogP contribution in [0.5, 0.6) is 0 Å². The monoisotopic (exact) mass is 314 g/mol. The van der Waals surface area contributed by atoms with Crippen molar-refractivity contribution in [1.29, 1.82) is 0 Å². The Hall–Kier alpha value is -1.41. The van der Waals surface area contributed by atoms with Gasteiger partial charge >= 0.3 is 7.60 Å². The zero-order valence-electron chi connectivity index (χ0n) is 12.9. The van der Waals surface area contributed by atoms with Crippen LogP contribution in [0.2, 0.25) is 0 Å². The van der Waals surface area contributed by atoms with Crippen LogP contribution in [-0.4, -0.2) is 13.2 Å². The van der Waals surface area contributed by atoms with Gasteiger partial charge in [-0.1, -0.05) is 18.2 Å². The largest absolute Gasteiger partial charge is 0.361 e. The molecular weight excluding hydrogens is 295 g/mol. The summed E-state index contributed by atoms with van der Waals surface area (Å²) in [4.78, 5) is 0. The van der Waals surface area contributed by atoms with Crippen molar-refractivity contribution in [3.05, 3.63) is 52.6 Å². The van der Waals surface area contributed by atoms with Crippen molar-refractivity contribution in [2.75, 3.05) is 13.2 Å². The molecule has 2 aromatic carbocycles. The number of hydrogen-bond acceptors (Lipinski definition) is 3. The molecule has 4 heteroatoms. The van der Waals surface area contributed by atoms with Gasteiger partial charge in [0.15, 0.2) is 0 Å². The maximum atomic E-state index is 13.2. The van der Waals surface area contributed by atoms with Crippen LogP contribution in [0.3, 0.4) is 0 Å². The van der Waals surface area contributed by atoms with E-state index >= 15 is 0 Å². The molecule has 0 spiro atoms. The van der Waals surface area contributed by atoms with E-state index in [9.17, 15) is 4.57 Å². The van der Waals surface area contributed by atoms with Crippen molar-refractivity contribution in [1.82, 2.24) is 0 Å². The molecular formula is C18H19O3P. The Morgan fingerprint density at radius 1 is 0.909 bits per heavy atom. The standard InChI is InChI=1S/C18H19O3P/c1-3-20-22(19,21-4-2)18-11-16-9-15(16)10-17(18)13-6-5-12-7-14(12)8-13/h5-6,8,10-11H,3-4,7,9H2,1-2H3. The predicted octanol–water partition coefficient (Wildman–Crippen LogP) is 4.05. The fraction of sp³-hybridized carbons (Fsp3) is 0.333. The van der Waals surface area contributed by atoms with Crippen molar-refractivity contribution >= 4 is 12.9 Å². The van der Waals surface area contributed by atoms with Crippen LogP contribution >= 0.6 is 7.60 Å². The third kappa shape index (κ3) is 2.34. The van der Waals surface area contributed by atoms with Gasteiger partial charge in [-0.25, -0.2) is 0 Å². The highest BCUT2D eigenvalue weighted by Gasteiger charge is 2.34. The topological polar surface area (TPSA) is 35.5 Å². The Kier molecular flexibility index (Phi) is 3.26. The normalized spacial score (nSPS) is 14.5. The van der Waals surface area contributed by atoms with E-state index in [1.807, 2.05) is 19.9 Å². The lowest BCUT2D eigenvalue weighted by Gasteiger charge is -2.20. The lowest BCUT2D eigenvalue weighted by molar-refractivity contribution is 0.230. The highest BCUT2D eigenvalue weighted by Crippen LogP contribution is 2.51. The third-order valence-electron chi connectivity index (χ3n) is 4.24. The molecule has 0 saturated heterocycles. The molecule has 22 heavy (non-hydrogen) atoms. The average molecular weight is 314 g/mol. The minimum Gasteiger partial charge on any atom is -0.305 e. The van der Waals surface area contributed by atoms with Crippen molar-refractivity contribution in [3.8, 4) is 11.1 Å². The molecule has 2 aliphatic rings. The molecule has 0 radical (unpaired) electrons. The van der Waals surface area contributed by atoms with E-state index < -0.39 is 7.60 Å². The molecule has 0 aromatic heterocycles. The zero-order chi connectivity index (χ0) is 15.3. The molecule has 0 amide bonds. The molecule has 0 atom stereocenters. The van der Waals surface area contributed by atoms with Crippen LogP contribution in [0.25, 0.3) is 11.1 Å². The molecule has 0 N–H and O–H groups in total. The van der Waals surface area contributed by atoms with Crippen LogP contribution in [-0.2, 0) is 26.5 Å². The van der Waals surface area contributed by atoms with E-state index in [1.165, 1.54) is 22.3 Å². The summed E-state index contributed by atoms with van der Waals surface area (Å²) in [6.07, 6.45) is 2.06. The molecule has 0 fully saturated rings. The predicted molar refractivity (Wildman–Crippen MR) is 88.0 cm³/mol. The second-order valence-electron chi connectivity index (χ2n) is 5.81. The van der Waals surface area contributed by atoms with Crippen LogP contribution < -0.4 is 5.30 Å². The molecule has 0 unspecified atom stereocenters. The Labute approximate surface area is 130 Å². The van der Waals surface area contributed by atoms with E-state index in [-0.39, 0.29) is 0 Å². The molecule has 3 nitrogen and oxygen atoms in total. The molecule has 114 valence electrons. The van der Waals surface area contributed by atoms with Gasteiger partial charge in [-0.3, -0.25) is 4.57 Å². The summed E-state index contributed by atoms with van der Waals surface area (Å²) in [5.41, 5.74) is 7.50. The second-order valence-corrected chi connectivity index (χ2v) is 7.80. The summed E-state index contributed by atoms with van der Waals surface area (Å²) in [5, 5.41) is 0.716. The summed E-state index contributed by atoms with van der Waals surface area (Å²) in [6, 6.07) is 10.6. The van der Waals surface area contributed by atoms with E-state index in [0.717, 1.165) is 24.0 Å². The second kappa shape index (κ2) is 5.06. The van der Waals surface area contributed by atoms with Gasteiger partial charge in [0.05, 0.1) is 18.5 Å². The first-order chi connectivity index (χ1) is 10.6. The number of rotatable bonds is 6. The molecule has 0 aliphatic heterocycles. The fourth-order valence-electron chi connectivity index (χ4n) is 2.98. The Morgan fingerprint density at radius 3 is 2.23 bits per heavy atom. The van der Waals surface area contributed by atoms with Crippen LogP contribution in [0, 0.1) is 0 Å². The van der Waals surface area contributed by atoms with Gasteiger partial charge in [0.2, 0.25) is 0 Å². The minimum absolute atomic E-state index is 0.373. The molecule has 4 rings (SSSR count). The first-order valence-electron chi connectivity index (χ1n) is 7.82. The summed E-state index contributed by atoms with van der Waals surface area (Å²) in [5.74, 6) is 0. The van der Waals surface area contributed by atoms with Gasteiger partial charge in [0.25, 0.3) is 0 Å². The summed E-state index contributed by atoms with van der Waals surface area (Å²) in [7, 11) is -3.27. The Morgan fingerprint density at radius 2 is 1.55 bits per heavy atom. The summed E-state index contributed by atoms with van der Waals surface area (Å²) < 4.78 is 24.4. The van der Waals surface area contributed by atoms with Crippen molar-refractivity contribution < 1.29 is 13.6 Å². The highest BCUT2D eigenvalue weighted by atomic mass is 31.2. The lowest BCUT2D eigenvalue weighted by atomic mass is 10.1. The van der Waals surface area contributed by atoms with Crippen LogP contribution in [0.4, 0.5) is 0 Å². The number of hydrogen-bond donors (Lipinski definition) is 0. The molecule has 0 heterocycles. The molecule has 0 bridgehead atoms. The Bertz CT molecular complexity index is 800. The van der Waals surface area contributed by atoms with Crippen molar-refractivity contribution in [2.24, 2.45) is 0 Å². The van der Waals surface area contributed by atoms with Crippen molar-refractivity contribution in [2.45, 2.75) is 26.7 Å². The first-order valence-corrected chi connectivity index (χ1v) is 9.36. The quantitative estimate of drug-likeness (QED) is 0.504.